The maximum atomic E-state index is 9.57. The molecular weight excluding hydrogens is 318 g/mol. The van der Waals surface area contributed by atoms with Gasteiger partial charge in [-0.25, -0.2) is 0 Å². The van der Waals surface area contributed by atoms with Crippen LogP contribution in [0.2, 0.25) is 0 Å². The summed E-state index contributed by atoms with van der Waals surface area (Å²) in [5.74, 6) is -0.963. The lowest BCUT2D eigenvalue weighted by Crippen LogP contribution is -2.25. The van der Waals surface area contributed by atoms with Crippen molar-refractivity contribution in [1.29, 1.82) is 0 Å². The van der Waals surface area contributed by atoms with Crippen LogP contribution in [-0.2, 0) is 9.53 Å². The molecule has 138 valence electrons. The second-order valence-electron chi connectivity index (χ2n) is 5.15. The summed E-state index contributed by atoms with van der Waals surface area (Å²) in [4.78, 5) is 9.57. The quantitative estimate of drug-likeness (QED) is 0.630. The molecule has 0 aliphatic heterocycles. The third-order valence-corrected chi connectivity index (χ3v) is 2.95. The number of nitrogens with two attached hydrogens (primary N) is 3. The van der Waals surface area contributed by atoms with Crippen LogP contribution in [0, 0.1) is 0 Å². The number of rotatable bonds is 4. The summed E-state index contributed by atoms with van der Waals surface area (Å²) >= 11 is 0. The average molecular weight is 347 g/mol. The fraction of sp³-hybridized carbons (Fsp3) is 0.316. The van der Waals surface area contributed by atoms with Crippen molar-refractivity contribution in [2.75, 3.05) is 24.7 Å². The van der Waals surface area contributed by atoms with Crippen molar-refractivity contribution in [3.63, 3.8) is 0 Å². The van der Waals surface area contributed by atoms with E-state index in [-0.39, 0.29) is 0 Å². The Morgan fingerprint density at radius 1 is 0.920 bits per heavy atom. The van der Waals surface area contributed by atoms with E-state index >= 15 is 0 Å². The van der Waals surface area contributed by atoms with Crippen LogP contribution >= 0.6 is 0 Å². The number of carbonyl (C=O) groups is 1. The van der Waals surface area contributed by atoms with E-state index in [1.54, 1.807) is 0 Å². The third kappa shape index (κ3) is 10.8. The molecular formula is C19H29N3O3. The van der Waals surface area contributed by atoms with Crippen molar-refractivity contribution < 1.29 is 14.6 Å². The SMILES string of the molecule is CC(N)C(=O)O.CCOCC.Nc1ccc(-c2ccc(N)cc2)cc1. The molecule has 0 aliphatic rings. The first-order chi connectivity index (χ1) is 11.8. The highest BCUT2D eigenvalue weighted by Crippen LogP contribution is 2.21. The first-order valence-electron chi connectivity index (χ1n) is 8.09. The van der Waals surface area contributed by atoms with E-state index in [0.29, 0.717) is 0 Å². The van der Waals surface area contributed by atoms with E-state index in [4.69, 9.17) is 27.0 Å². The van der Waals surface area contributed by atoms with Crippen molar-refractivity contribution in [1.82, 2.24) is 0 Å². The van der Waals surface area contributed by atoms with Gasteiger partial charge in [0.2, 0.25) is 0 Å². The Morgan fingerprint density at radius 3 is 1.36 bits per heavy atom. The van der Waals surface area contributed by atoms with E-state index in [0.717, 1.165) is 35.7 Å². The van der Waals surface area contributed by atoms with Crippen LogP contribution in [0.4, 0.5) is 11.4 Å². The lowest BCUT2D eigenvalue weighted by molar-refractivity contribution is -0.138. The molecule has 0 aliphatic carbocycles. The maximum Gasteiger partial charge on any atom is 0.320 e. The van der Waals surface area contributed by atoms with Crippen LogP contribution in [0.25, 0.3) is 11.1 Å². The maximum absolute atomic E-state index is 9.57. The van der Waals surface area contributed by atoms with Crippen molar-refractivity contribution >= 4 is 17.3 Å². The molecule has 1 unspecified atom stereocenters. The monoisotopic (exact) mass is 347 g/mol. The molecule has 0 bridgehead atoms. The predicted octanol–water partition coefficient (Wildman–Crippen LogP) is 2.98. The molecule has 2 aromatic rings. The van der Waals surface area contributed by atoms with Crippen LogP contribution in [0.3, 0.4) is 0 Å². The van der Waals surface area contributed by atoms with Crippen molar-refractivity contribution in [3.8, 4) is 11.1 Å². The molecule has 2 aromatic carbocycles. The van der Waals surface area contributed by atoms with Crippen LogP contribution in [-0.4, -0.2) is 30.3 Å². The van der Waals surface area contributed by atoms with Gasteiger partial charge in [0.25, 0.3) is 0 Å². The van der Waals surface area contributed by atoms with Crippen molar-refractivity contribution in [3.05, 3.63) is 48.5 Å². The van der Waals surface area contributed by atoms with Crippen LogP contribution in [0.15, 0.2) is 48.5 Å². The number of hydrogen-bond donors (Lipinski definition) is 4. The first-order valence-corrected chi connectivity index (χ1v) is 8.09. The highest BCUT2D eigenvalue weighted by molar-refractivity contribution is 5.72. The van der Waals surface area contributed by atoms with E-state index < -0.39 is 12.0 Å². The minimum atomic E-state index is -0.963. The smallest absolute Gasteiger partial charge is 0.320 e. The van der Waals surface area contributed by atoms with Crippen molar-refractivity contribution in [2.45, 2.75) is 26.8 Å². The molecule has 1 atom stereocenters. The van der Waals surface area contributed by atoms with Gasteiger partial charge in [0.05, 0.1) is 0 Å². The highest BCUT2D eigenvalue weighted by atomic mass is 16.5. The Kier molecular flexibility index (Phi) is 11.5. The summed E-state index contributed by atoms with van der Waals surface area (Å²) in [6, 6.07) is 14.9. The summed E-state index contributed by atoms with van der Waals surface area (Å²) in [5, 5.41) is 7.87. The minimum Gasteiger partial charge on any atom is -0.480 e. The molecule has 0 heterocycles. The Balaban J connectivity index is 0.000000438. The number of nitrogen functional groups attached to an aromatic ring is 2. The van der Waals surface area contributed by atoms with Gasteiger partial charge in [0.15, 0.2) is 0 Å². The average Bonchev–Trinajstić information content (AvgIpc) is 2.58. The number of benzene rings is 2. The topological polar surface area (TPSA) is 125 Å². The van der Waals surface area contributed by atoms with Gasteiger partial charge in [-0.3, -0.25) is 4.79 Å². The van der Waals surface area contributed by atoms with Gasteiger partial charge in [-0.2, -0.15) is 0 Å². The normalized spacial score (nSPS) is 10.6. The predicted molar refractivity (Wildman–Crippen MR) is 104 cm³/mol. The molecule has 0 saturated carbocycles. The highest BCUT2D eigenvalue weighted by Gasteiger charge is 1.99. The minimum absolute atomic E-state index is 0.731. The molecule has 2 rings (SSSR count). The molecule has 6 heteroatoms. The largest absolute Gasteiger partial charge is 0.480 e. The Hall–Kier alpha value is -2.57. The number of carboxylic acids is 1. The van der Waals surface area contributed by atoms with Crippen LogP contribution < -0.4 is 17.2 Å². The molecule has 0 radical (unpaired) electrons. The fourth-order valence-corrected chi connectivity index (χ4v) is 1.56. The summed E-state index contributed by atoms with van der Waals surface area (Å²) in [7, 11) is 0. The molecule has 6 nitrogen and oxygen atoms in total. The third-order valence-electron chi connectivity index (χ3n) is 2.95. The van der Waals surface area contributed by atoms with Crippen LogP contribution in [0.5, 0.6) is 0 Å². The van der Waals surface area contributed by atoms with Gasteiger partial charge in [0.1, 0.15) is 6.04 Å². The van der Waals surface area contributed by atoms with E-state index in [2.05, 4.69) is 0 Å². The summed E-state index contributed by atoms with van der Waals surface area (Å²) in [5.41, 5.74) is 19.9. The molecule has 7 N–H and O–H groups in total. The molecule has 0 saturated heterocycles. The second kappa shape index (κ2) is 12.8. The lowest BCUT2D eigenvalue weighted by Gasteiger charge is -2.02. The number of aliphatic carboxylic acids is 1. The van der Waals surface area contributed by atoms with E-state index in [1.165, 1.54) is 6.92 Å². The summed E-state index contributed by atoms with van der Waals surface area (Å²) < 4.78 is 4.83. The fourth-order valence-electron chi connectivity index (χ4n) is 1.56. The molecule has 0 spiro atoms. The zero-order valence-corrected chi connectivity index (χ0v) is 15.1. The lowest BCUT2D eigenvalue weighted by atomic mass is 10.1. The number of ether oxygens (including phenoxy) is 1. The number of carboxylic acid groups (broad SMARTS) is 1. The zero-order chi connectivity index (χ0) is 19.2. The molecule has 0 fully saturated rings. The van der Waals surface area contributed by atoms with Crippen molar-refractivity contribution in [2.24, 2.45) is 5.73 Å². The second-order valence-corrected chi connectivity index (χ2v) is 5.15. The van der Waals surface area contributed by atoms with Gasteiger partial charge in [-0.05, 0) is 56.2 Å². The Morgan fingerprint density at radius 2 is 1.20 bits per heavy atom. The Labute approximate surface area is 149 Å². The summed E-state index contributed by atoms with van der Waals surface area (Å²) in [6.45, 7) is 7.09. The van der Waals surface area contributed by atoms with Gasteiger partial charge in [0, 0.05) is 24.6 Å². The van der Waals surface area contributed by atoms with E-state index in [1.807, 2.05) is 62.4 Å². The first kappa shape index (κ1) is 22.4. The molecule has 0 amide bonds. The Bertz CT molecular complexity index is 551. The zero-order valence-electron chi connectivity index (χ0n) is 15.1. The van der Waals surface area contributed by atoms with Gasteiger partial charge < -0.3 is 27.0 Å². The molecule has 0 aromatic heterocycles. The van der Waals surface area contributed by atoms with E-state index in [9.17, 15) is 4.79 Å². The van der Waals surface area contributed by atoms with Crippen LogP contribution in [0.1, 0.15) is 20.8 Å². The number of hydrogen-bond acceptors (Lipinski definition) is 5. The van der Waals surface area contributed by atoms with Gasteiger partial charge in [-0.15, -0.1) is 0 Å². The van der Waals surface area contributed by atoms with Gasteiger partial charge in [-0.1, -0.05) is 24.3 Å². The number of anilines is 2. The summed E-state index contributed by atoms with van der Waals surface area (Å²) in [6.07, 6.45) is 0. The standard InChI is InChI=1S/C12H12N2.C4H10O.C3H7NO2/c13-11-5-1-9(2-6-11)10-3-7-12(14)8-4-10;1-3-5-4-2;1-2(4)3(5)6/h1-8H,13-14H2;3-4H2,1-2H3;2H,4H2,1H3,(H,5,6). The molecule has 25 heavy (non-hydrogen) atoms. The van der Waals surface area contributed by atoms with Gasteiger partial charge >= 0.3 is 5.97 Å².